The number of nitrogens with zero attached hydrogens (tertiary/aromatic N) is 1. The molecule has 2 aromatic carbocycles. The monoisotopic (exact) mass is 356 g/mol. The van der Waals surface area contributed by atoms with Gasteiger partial charge in [-0.3, -0.25) is 14.2 Å². The lowest BCUT2D eigenvalue weighted by Gasteiger charge is -2.07. The van der Waals surface area contributed by atoms with Crippen LogP contribution in [0.4, 0.5) is 0 Å². The highest BCUT2D eigenvalue weighted by Gasteiger charge is 2.08. The number of rotatable bonds is 7. The molecule has 1 amide bonds. The van der Waals surface area contributed by atoms with Crippen LogP contribution in [-0.2, 0) is 17.8 Å². The smallest absolute Gasteiger partial charge is 0.308 e. The first-order valence-corrected chi connectivity index (χ1v) is 8.97. The molecule has 25 heavy (non-hydrogen) atoms. The van der Waals surface area contributed by atoms with E-state index >= 15 is 0 Å². The van der Waals surface area contributed by atoms with Crippen LogP contribution in [0.2, 0.25) is 0 Å². The second-order valence-electron chi connectivity index (χ2n) is 5.69. The van der Waals surface area contributed by atoms with Crippen molar-refractivity contribution in [2.24, 2.45) is 0 Å². The highest BCUT2D eigenvalue weighted by molar-refractivity contribution is 7.16. The van der Waals surface area contributed by atoms with Crippen LogP contribution in [0.25, 0.3) is 10.2 Å². The zero-order valence-electron chi connectivity index (χ0n) is 14.0. The molecule has 6 heteroatoms. The number of hydrogen-bond acceptors (Lipinski definition) is 4. The van der Waals surface area contributed by atoms with Gasteiger partial charge in [-0.1, -0.05) is 35.6 Å². The van der Waals surface area contributed by atoms with E-state index in [0.29, 0.717) is 19.5 Å². The summed E-state index contributed by atoms with van der Waals surface area (Å²) in [6.45, 7) is 0.974. The van der Waals surface area contributed by atoms with Crippen molar-refractivity contribution in [2.75, 3.05) is 13.7 Å². The maximum Gasteiger partial charge on any atom is 0.308 e. The first-order valence-electron chi connectivity index (χ1n) is 8.15. The molecule has 0 bridgehead atoms. The summed E-state index contributed by atoms with van der Waals surface area (Å²) in [5.74, 6) is 0.775. The summed E-state index contributed by atoms with van der Waals surface area (Å²) in [7, 11) is 1.64. The number of amides is 1. The Morgan fingerprint density at radius 2 is 1.92 bits per heavy atom. The van der Waals surface area contributed by atoms with Crippen molar-refractivity contribution in [1.82, 2.24) is 9.88 Å². The molecule has 3 rings (SSSR count). The number of hydrogen-bond donors (Lipinski definition) is 1. The number of carbonyl (C=O) groups is 1. The van der Waals surface area contributed by atoms with Crippen LogP contribution in [0.1, 0.15) is 12.0 Å². The molecule has 0 aliphatic rings. The fourth-order valence-corrected chi connectivity index (χ4v) is 3.58. The Balaban J connectivity index is 1.49. The first-order chi connectivity index (χ1) is 12.2. The van der Waals surface area contributed by atoms with Crippen molar-refractivity contribution in [3.05, 3.63) is 63.8 Å². The van der Waals surface area contributed by atoms with E-state index in [4.69, 9.17) is 4.74 Å². The number of ether oxygens (including phenoxy) is 1. The van der Waals surface area contributed by atoms with Crippen LogP contribution >= 0.6 is 11.3 Å². The van der Waals surface area contributed by atoms with Gasteiger partial charge in [0.1, 0.15) is 5.75 Å². The number of thiazole rings is 1. The van der Waals surface area contributed by atoms with Gasteiger partial charge in [-0.15, -0.1) is 0 Å². The fourth-order valence-electron chi connectivity index (χ4n) is 2.67. The molecule has 0 saturated carbocycles. The molecule has 1 aromatic heterocycles. The summed E-state index contributed by atoms with van der Waals surface area (Å²) >= 11 is 1.21. The van der Waals surface area contributed by atoms with Gasteiger partial charge >= 0.3 is 4.87 Å². The number of nitrogens with one attached hydrogen (secondary N) is 1. The Morgan fingerprint density at radius 1 is 1.16 bits per heavy atom. The number of para-hydroxylation sites is 1. The molecular weight excluding hydrogens is 336 g/mol. The predicted octanol–water partition coefficient (Wildman–Crippen LogP) is 2.82. The van der Waals surface area contributed by atoms with Crippen LogP contribution in [-0.4, -0.2) is 24.1 Å². The van der Waals surface area contributed by atoms with E-state index in [9.17, 15) is 9.59 Å². The summed E-state index contributed by atoms with van der Waals surface area (Å²) < 4.78 is 7.74. The van der Waals surface area contributed by atoms with E-state index in [-0.39, 0.29) is 10.8 Å². The summed E-state index contributed by atoms with van der Waals surface area (Å²) in [4.78, 5) is 24.1. The summed E-state index contributed by atoms with van der Waals surface area (Å²) in [6, 6.07) is 15.4. The minimum atomic E-state index is -0.0457. The largest absolute Gasteiger partial charge is 0.497 e. The third-order valence-corrected chi connectivity index (χ3v) is 4.99. The van der Waals surface area contributed by atoms with E-state index in [1.54, 1.807) is 11.7 Å². The lowest BCUT2D eigenvalue weighted by Crippen LogP contribution is -2.27. The molecule has 1 heterocycles. The third-order valence-electron chi connectivity index (χ3n) is 4.03. The quantitative estimate of drug-likeness (QED) is 0.708. The molecule has 1 N–H and O–H groups in total. The van der Waals surface area contributed by atoms with Crippen molar-refractivity contribution < 1.29 is 9.53 Å². The van der Waals surface area contributed by atoms with Crippen LogP contribution in [0, 0.1) is 0 Å². The second-order valence-corrected chi connectivity index (χ2v) is 6.68. The lowest BCUT2D eigenvalue weighted by molar-refractivity contribution is -0.121. The molecule has 130 valence electrons. The molecule has 0 aliphatic heterocycles. The maximum absolute atomic E-state index is 12.0. The van der Waals surface area contributed by atoms with Crippen molar-refractivity contribution in [3.8, 4) is 5.75 Å². The van der Waals surface area contributed by atoms with Gasteiger partial charge in [0, 0.05) is 19.5 Å². The molecule has 0 aliphatic carbocycles. The fraction of sp³-hybridized carbons (Fsp3) is 0.263. The lowest BCUT2D eigenvalue weighted by atomic mass is 10.1. The van der Waals surface area contributed by atoms with Gasteiger partial charge in [-0.2, -0.15) is 0 Å². The summed E-state index contributed by atoms with van der Waals surface area (Å²) in [5.41, 5.74) is 2.03. The minimum Gasteiger partial charge on any atom is -0.497 e. The van der Waals surface area contributed by atoms with Crippen LogP contribution < -0.4 is 14.9 Å². The van der Waals surface area contributed by atoms with E-state index < -0.39 is 0 Å². The number of benzene rings is 2. The van der Waals surface area contributed by atoms with Gasteiger partial charge in [0.2, 0.25) is 5.91 Å². The molecule has 0 saturated heterocycles. The van der Waals surface area contributed by atoms with Crippen molar-refractivity contribution in [3.63, 3.8) is 0 Å². The van der Waals surface area contributed by atoms with Crippen molar-refractivity contribution >= 4 is 27.5 Å². The standard InChI is InChI=1S/C19H20N2O3S/c1-24-15-8-6-14(7-9-15)10-12-20-18(22)11-13-21-16-4-2-3-5-17(16)25-19(21)23/h2-9H,10-13H2,1H3,(H,20,22). The average Bonchev–Trinajstić information content (AvgIpc) is 2.95. The maximum atomic E-state index is 12.0. The van der Waals surface area contributed by atoms with Crippen LogP contribution in [0.3, 0.4) is 0 Å². The number of carbonyl (C=O) groups excluding carboxylic acids is 1. The molecule has 5 nitrogen and oxygen atoms in total. The number of methoxy groups -OCH3 is 1. The molecule has 0 unspecified atom stereocenters. The van der Waals surface area contributed by atoms with Gasteiger partial charge in [-0.25, -0.2) is 0 Å². The molecule has 0 radical (unpaired) electrons. The summed E-state index contributed by atoms with van der Waals surface area (Å²) in [6.07, 6.45) is 1.06. The van der Waals surface area contributed by atoms with Crippen LogP contribution in [0.15, 0.2) is 53.3 Å². The van der Waals surface area contributed by atoms with Crippen molar-refractivity contribution in [1.29, 1.82) is 0 Å². The average molecular weight is 356 g/mol. The van der Waals surface area contributed by atoms with Crippen LogP contribution in [0.5, 0.6) is 5.75 Å². The molecule has 0 spiro atoms. The Morgan fingerprint density at radius 3 is 2.68 bits per heavy atom. The molecule has 0 atom stereocenters. The van der Waals surface area contributed by atoms with Gasteiger partial charge in [0.05, 0.1) is 17.3 Å². The van der Waals surface area contributed by atoms with Gasteiger partial charge in [0.25, 0.3) is 0 Å². The van der Waals surface area contributed by atoms with E-state index in [1.165, 1.54) is 11.3 Å². The Labute approximate surface area is 149 Å². The number of aromatic nitrogens is 1. The second kappa shape index (κ2) is 7.98. The Hall–Kier alpha value is -2.60. The van der Waals surface area contributed by atoms with Crippen molar-refractivity contribution in [2.45, 2.75) is 19.4 Å². The Kier molecular flexibility index (Phi) is 5.50. The highest BCUT2D eigenvalue weighted by Crippen LogP contribution is 2.16. The zero-order valence-corrected chi connectivity index (χ0v) is 14.8. The van der Waals surface area contributed by atoms with E-state index in [2.05, 4.69) is 5.32 Å². The number of fused-ring (bicyclic) bond motifs is 1. The van der Waals surface area contributed by atoms with E-state index in [1.807, 2.05) is 48.5 Å². The van der Waals surface area contributed by atoms with E-state index in [0.717, 1.165) is 28.0 Å². The zero-order chi connectivity index (χ0) is 17.6. The molecule has 3 aromatic rings. The number of aryl methyl sites for hydroxylation is 1. The Bertz CT molecular complexity index is 912. The molecular formula is C19H20N2O3S. The first kappa shape index (κ1) is 17.2. The van der Waals surface area contributed by atoms with Gasteiger partial charge in [0.15, 0.2) is 0 Å². The molecule has 0 fully saturated rings. The highest BCUT2D eigenvalue weighted by atomic mass is 32.1. The SMILES string of the molecule is COc1ccc(CCNC(=O)CCn2c(=O)sc3ccccc32)cc1. The topological polar surface area (TPSA) is 60.3 Å². The van der Waals surface area contributed by atoms with Gasteiger partial charge in [-0.05, 0) is 36.2 Å². The van der Waals surface area contributed by atoms with Gasteiger partial charge < -0.3 is 10.1 Å². The third kappa shape index (κ3) is 4.28. The summed E-state index contributed by atoms with van der Waals surface area (Å²) in [5, 5.41) is 2.91. The predicted molar refractivity (Wildman–Crippen MR) is 100 cm³/mol. The normalized spacial score (nSPS) is 10.8. The minimum absolute atomic E-state index is 0.0211.